The van der Waals surface area contributed by atoms with Gasteiger partial charge in [-0.2, -0.15) is 0 Å². The smallest absolute Gasteiger partial charge is 0.230 e. The second-order valence-electron chi connectivity index (χ2n) is 7.12. The summed E-state index contributed by atoms with van der Waals surface area (Å²) in [5.74, 6) is -0.439. The largest absolute Gasteiger partial charge is 0.302 e. The van der Waals surface area contributed by atoms with Gasteiger partial charge in [0.25, 0.3) is 0 Å². The van der Waals surface area contributed by atoms with Crippen LogP contribution < -0.4 is 5.32 Å². The Labute approximate surface area is 179 Å². The van der Waals surface area contributed by atoms with Crippen molar-refractivity contribution in [2.75, 3.05) is 5.32 Å². The average Bonchev–Trinajstić information content (AvgIpc) is 3.22. The Hall–Kier alpha value is -3.31. The third kappa shape index (κ3) is 4.63. The van der Waals surface area contributed by atoms with Gasteiger partial charge in [-0.3, -0.25) is 4.79 Å². The van der Waals surface area contributed by atoms with Crippen molar-refractivity contribution in [1.29, 1.82) is 0 Å². The molecule has 0 fully saturated rings. The van der Waals surface area contributed by atoms with Crippen molar-refractivity contribution in [2.45, 2.75) is 19.3 Å². The molecular formula is C25H21FN2OS. The standard InChI is InChI=1S/C25H21FN2OS/c1-17(20-12-13-21(22(26)15-20)19-10-6-3-7-11-19)23-16-30-25(27-23)28-24(29)14-18-8-4-2-5-9-18/h2-13,15-17H,14H2,1H3,(H,27,28,29). The molecule has 3 aromatic carbocycles. The number of benzene rings is 3. The molecule has 0 bridgehead atoms. The monoisotopic (exact) mass is 416 g/mol. The van der Waals surface area contributed by atoms with E-state index in [9.17, 15) is 9.18 Å². The van der Waals surface area contributed by atoms with E-state index < -0.39 is 0 Å². The quantitative estimate of drug-likeness (QED) is 0.402. The number of rotatable bonds is 6. The predicted molar refractivity (Wildman–Crippen MR) is 120 cm³/mol. The minimum absolute atomic E-state index is 0.0830. The molecular weight excluding hydrogens is 395 g/mol. The van der Waals surface area contributed by atoms with Crippen LogP contribution in [0.2, 0.25) is 0 Å². The lowest BCUT2D eigenvalue weighted by atomic mass is 9.95. The van der Waals surface area contributed by atoms with Gasteiger partial charge in [0, 0.05) is 16.9 Å². The van der Waals surface area contributed by atoms with Crippen molar-refractivity contribution < 1.29 is 9.18 Å². The van der Waals surface area contributed by atoms with Crippen LogP contribution in [0.4, 0.5) is 9.52 Å². The molecule has 0 radical (unpaired) electrons. The van der Waals surface area contributed by atoms with Crippen molar-refractivity contribution in [3.8, 4) is 11.1 Å². The van der Waals surface area contributed by atoms with E-state index in [-0.39, 0.29) is 17.6 Å². The van der Waals surface area contributed by atoms with Gasteiger partial charge in [-0.25, -0.2) is 9.37 Å². The number of amides is 1. The van der Waals surface area contributed by atoms with Gasteiger partial charge < -0.3 is 5.32 Å². The zero-order valence-electron chi connectivity index (χ0n) is 16.5. The molecule has 0 aliphatic carbocycles. The Morgan fingerprint density at radius 2 is 1.73 bits per heavy atom. The fraction of sp³-hybridized carbons (Fsp3) is 0.120. The second kappa shape index (κ2) is 9.01. The maximum atomic E-state index is 14.7. The van der Waals surface area contributed by atoms with Gasteiger partial charge in [0.05, 0.1) is 12.1 Å². The fourth-order valence-corrected chi connectivity index (χ4v) is 4.13. The third-order valence-corrected chi connectivity index (χ3v) is 5.77. The number of aromatic nitrogens is 1. The normalized spacial score (nSPS) is 11.8. The summed E-state index contributed by atoms with van der Waals surface area (Å²) in [6.07, 6.45) is 0.303. The summed E-state index contributed by atoms with van der Waals surface area (Å²) in [5.41, 5.74) is 4.04. The molecule has 4 aromatic rings. The number of carbonyl (C=O) groups excluding carboxylic acids is 1. The van der Waals surface area contributed by atoms with Crippen LogP contribution in [0.3, 0.4) is 0 Å². The zero-order valence-corrected chi connectivity index (χ0v) is 17.3. The third-order valence-electron chi connectivity index (χ3n) is 5.00. The van der Waals surface area contributed by atoms with Gasteiger partial charge in [0.2, 0.25) is 5.91 Å². The molecule has 0 saturated carbocycles. The molecule has 150 valence electrons. The summed E-state index contributed by atoms with van der Waals surface area (Å²) in [5, 5.41) is 5.32. The van der Waals surface area contributed by atoms with E-state index in [1.807, 2.05) is 85.1 Å². The fourth-order valence-electron chi connectivity index (χ4n) is 3.31. The molecule has 1 atom stereocenters. The van der Waals surface area contributed by atoms with Crippen molar-refractivity contribution in [1.82, 2.24) is 4.98 Å². The van der Waals surface area contributed by atoms with E-state index in [1.54, 1.807) is 6.07 Å². The van der Waals surface area contributed by atoms with Gasteiger partial charge in [0.1, 0.15) is 5.82 Å². The van der Waals surface area contributed by atoms with Crippen molar-refractivity contribution >= 4 is 22.4 Å². The van der Waals surface area contributed by atoms with Crippen LogP contribution in [0.1, 0.15) is 29.7 Å². The van der Waals surface area contributed by atoms with Crippen LogP contribution in [0.25, 0.3) is 11.1 Å². The molecule has 0 spiro atoms. The Kier molecular flexibility index (Phi) is 6.00. The molecule has 0 aliphatic heterocycles. The molecule has 1 N–H and O–H groups in total. The number of anilines is 1. The number of nitrogens with zero attached hydrogens (tertiary/aromatic N) is 1. The van der Waals surface area contributed by atoms with Crippen LogP contribution in [-0.2, 0) is 11.2 Å². The van der Waals surface area contributed by atoms with E-state index >= 15 is 0 Å². The van der Waals surface area contributed by atoms with Gasteiger partial charge in [-0.15, -0.1) is 11.3 Å². The van der Waals surface area contributed by atoms with E-state index in [4.69, 9.17) is 0 Å². The number of carbonyl (C=O) groups is 1. The first kappa shape index (κ1) is 20.0. The summed E-state index contributed by atoms with van der Waals surface area (Å²) in [6, 6.07) is 24.4. The van der Waals surface area contributed by atoms with Crippen molar-refractivity contribution in [3.05, 3.63) is 107 Å². The maximum absolute atomic E-state index is 14.7. The van der Waals surface area contributed by atoms with Crippen LogP contribution in [-0.4, -0.2) is 10.9 Å². The summed E-state index contributed by atoms with van der Waals surface area (Å²) >= 11 is 1.38. The Bertz CT molecular complexity index is 1140. The van der Waals surface area contributed by atoms with Crippen LogP contribution in [0, 0.1) is 5.82 Å². The van der Waals surface area contributed by atoms with E-state index in [0.717, 1.165) is 22.4 Å². The van der Waals surface area contributed by atoms with Gasteiger partial charge >= 0.3 is 0 Å². The predicted octanol–water partition coefficient (Wildman–Crippen LogP) is 6.28. The van der Waals surface area contributed by atoms with Gasteiger partial charge in [-0.05, 0) is 22.8 Å². The lowest BCUT2D eigenvalue weighted by molar-refractivity contribution is -0.115. The number of nitrogens with one attached hydrogen (secondary N) is 1. The highest BCUT2D eigenvalue weighted by Crippen LogP contribution is 2.31. The highest BCUT2D eigenvalue weighted by molar-refractivity contribution is 7.13. The highest BCUT2D eigenvalue weighted by Gasteiger charge is 2.16. The van der Waals surface area contributed by atoms with E-state index in [2.05, 4.69) is 10.3 Å². The van der Waals surface area contributed by atoms with Crippen molar-refractivity contribution in [3.63, 3.8) is 0 Å². The number of hydrogen-bond donors (Lipinski definition) is 1. The van der Waals surface area contributed by atoms with Crippen LogP contribution in [0.15, 0.2) is 84.2 Å². The topological polar surface area (TPSA) is 42.0 Å². The summed E-state index contributed by atoms with van der Waals surface area (Å²) in [4.78, 5) is 16.8. The molecule has 3 nitrogen and oxygen atoms in total. The Morgan fingerprint density at radius 3 is 2.43 bits per heavy atom. The number of hydrogen-bond acceptors (Lipinski definition) is 3. The maximum Gasteiger partial charge on any atom is 0.230 e. The number of halogens is 1. The summed E-state index contributed by atoms with van der Waals surface area (Å²) in [7, 11) is 0. The first-order valence-electron chi connectivity index (χ1n) is 9.74. The minimum atomic E-state index is -0.253. The molecule has 0 aliphatic rings. The molecule has 0 saturated heterocycles. The second-order valence-corrected chi connectivity index (χ2v) is 7.97. The first-order valence-corrected chi connectivity index (χ1v) is 10.6. The van der Waals surface area contributed by atoms with Crippen LogP contribution in [0.5, 0.6) is 0 Å². The SMILES string of the molecule is CC(c1ccc(-c2ccccc2)c(F)c1)c1csc(NC(=O)Cc2ccccc2)n1. The molecule has 1 aromatic heterocycles. The first-order chi connectivity index (χ1) is 14.6. The Morgan fingerprint density at radius 1 is 1.03 bits per heavy atom. The molecule has 1 heterocycles. The molecule has 1 amide bonds. The number of thiazole rings is 1. The molecule has 4 rings (SSSR count). The Balaban J connectivity index is 1.45. The van der Waals surface area contributed by atoms with Crippen LogP contribution >= 0.6 is 11.3 Å². The zero-order chi connectivity index (χ0) is 20.9. The lowest BCUT2D eigenvalue weighted by Gasteiger charge is -2.11. The van der Waals surface area contributed by atoms with E-state index in [0.29, 0.717) is 17.1 Å². The average molecular weight is 417 g/mol. The van der Waals surface area contributed by atoms with Gasteiger partial charge in [0.15, 0.2) is 5.13 Å². The highest BCUT2D eigenvalue weighted by atomic mass is 32.1. The molecule has 30 heavy (non-hydrogen) atoms. The lowest BCUT2D eigenvalue weighted by Crippen LogP contribution is -2.14. The van der Waals surface area contributed by atoms with Gasteiger partial charge in [-0.1, -0.05) is 79.7 Å². The summed E-state index contributed by atoms with van der Waals surface area (Å²) < 4.78 is 14.7. The minimum Gasteiger partial charge on any atom is -0.302 e. The molecule has 1 unspecified atom stereocenters. The molecule has 5 heteroatoms. The van der Waals surface area contributed by atoms with E-state index in [1.165, 1.54) is 11.3 Å². The van der Waals surface area contributed by atoms with Crippen molar-refractivity contribution in [2.24, 2.45) is 0 Å². The summed E-state index contributed by atoms with van der Waals surface area (Å²) in [6.45, 7) is 1.99.